The molecule has 1 heterocycles. The van der Waals surface area contributed by atoms with Gasteiger partial charge in [0.15, 0.2) is 4.34 Å². The van der Waals surface area contributed by atoms with E-state index in [1.165, 1.54) is 23.1 Å². The second-order valence-electron chi connectivity index (χ2n) is 4.75. The van der Waals surface area contributed by atoms with Gasteiger partial charge in [-0.3, -0.25) is 4.79 Å². The molecule has 0 saturated heterocycles. The van der Waals surface area contributed by atoms with Gasteiger partial charge in [0.1, 0.15) is 5.75 Å². The zero-order chi connectivity index (χ0) is 17.4. The molecule has 0 aliphatic carbocycles. The van der Waals surface area contributed by atoms with Crippen molar-refractivity contribution in [1.82, 2.24) is 10.2 Å². The van der Waals surface area contributed by atoms with Crippen molar-refractivity contribution in [3.05, 3.63) is 36.9 Å². The fourth-order valence-corrected chi connectivity index (χ4v) is 3.64. The number of ether oxygens (including phenoxy) is 1. The van der Waals surface area contributed by atoms with E-state index in [0.717, 1.165) is 20.9 Å². The van der Waals surface area contributed by atoms with Crippen LogP contribution in [-0.2, 0) is 4.79 Å². The molecule has 1 aromatic carbocycles. The van der Waals surface area contributed by atoms with Crippen molar-refractivity contribution in [2.75, 3.05) is 23.8 Å². The quantitative estimate of drug-likeness (QED) is 0.522. The second kappa shape index (κ2) is 9.29. The first-order chi connectivity index (χ1) is 11.6. The van der Waals surface area contributed by atoms with Crippen LogP contribution in [0.4, 0.5) is 10.8 Å². The minimum absolute atomic E-state index is 0.0834. The Balaban J connectivity index is 1.87. The minimum atomic E-state index is -0.281. The van der Waals surface area contributed by atoms with Crippen LogP contribution in [-0.4, -0.2) is 34.5 Å². The molecule has 1 aromatic heterocycles. The molecule has 0 radical (unpaired) electrons. The van der Waals surface area contributed by atoms with Crippen molar-refractivity contribution < 1.29 is 9.53 Å². The van der Waals surface area contributed by atoms with E-state index in [0.29, 0.717) is 13.2 Å². The Morgan fingerprint density at radius 2 is 2.17 bits per heavy atom. The van der Waals surface area contributed by atoms with Crippen molar-refractivity contribution >= 4 is 39.8 Å². The van der Waals surface area contributed by atoms with Crippen molar-refractivity contribution in [1.29, 1.82) is 0 Å². The average molecular weight is 364 g/mol. The van der Waals surface area contributed by atoms with Crippen LogP contribution in [0.3, 0.4) is 0 Å². The fraction of sp³-hybridized carbons (Fsp3) is 0.312. The Hall–Kier alpha value is -2.06. The highest BCUT2D eigenvalue weighted by Gasteiger charge is 2.17. The van der Waals surface area contributed by atoms with E-state index < -0.39 is 0 Å². The number of anilines is 2. The van der Waals surface area contributed by atoms with Gasteiger partial charge in [0.05, 0.1) is 11.9 Å². The zero-order valence-electron chi connectivity index (χ0n) is 13.6. The number of rotatable bonds is 9. The van der Waals surface area contributed by atoms with Gasteiger partial charge in [-0.25, -0.2) is 0 Å². The monoisotopic (exact) mass is 364 g/mol. The molecule has 1 atom stereocenters. The summed E-state index contributed by atoms with van der Waals surface area (Å²) in [4.78, 5) is 12.3. The molecule has 2 N–H and O–H groups in total. The summed E-state index contributed by atoms with van der Waals surface area (Å²) in [6, 6.07) is 7.31. The van der Waals surface area contributed by atoms with E-state index in [4.69, 9.17) is 4.74 Å². The maximum Gasteiger partial charge on any atom is 0.237 e. The highest BCUT2D eigenvalue weighted by Crippen LogP contribution is 2.29. The second-order valence-corrected chi connectivity index (χ2v) is 7.31. The van der Waals surface area contributed by atoms with Gasteiger partial charge in [-0.05, 0) is 38.1 Å². The SMILES string of the molecule is C=CCNc1nnc(S[C@@H](C)C(=O)Nc2ccc(OCC)cc2)s1. The number of nitrogens with zero attached hydrogens (tertiary/aromatic N) is 2. The van der Waals surface area contributed by atoms with Crippen LogP contribution >= 0.6 is 23.1 Å². The van der Waals surface area contributed by atoms with Gasteiger partial charge in [-0.1, -0.05) is 29.2 Å². The number of amides is 1. The molecular formula is C16H20N4O2S2. The largest absolute Gasteiger partial charge is 0.494 e. The van der Waals surface area contributed by atoms with Crippen molar-refractivity contribution in [3.8, 4) is 5.75 Å². The van der Waals surface area contributed by atoms with Crippen molar-refractivity contribution in [2.45, 2.75) is 23.4 Å². The van der Waals surface area contributed by atoms with Crippen LogP contribution < -0.4 is 15.4 Å². The standard InChI is InChI=1S/C16H20N4O2S2/c1-4-10-17-15-19-20-16(24-15)23-11(3)14(21)18-12-6-8-13(9-7-12)22-5-2/h4,6-9,11H,1,5,10H2,2-3H3,(H,17,19)(H,18,21)/t11-/m0/s1. The number of hydrogen-bond donors (Lipinski definition) is 2. The van der Waals surface area contributed by atoms with Gasteiger partial charge >= 0.3 is 0 Å². The first kappa shape index (κ1) is 18.3. The molecule has 0 spiro atoms. The lowest BCUT2D eigenvalue weighted by molar-refractivity contribution is -0.115. The lowest BCUT2D eigenvalue weighted by atomic mass is 10.3. The third kappa shape index (κ3) is 5.54. The maximum atomic E-state index is 12.3. The van der Waals surface area contributed by atoms with Crippen LogP contribution in [0.15, 0.2) is 41.3 Å². The van der Waals surface area contributed by atoms with Gasteiger partial charge in [-0.2, -0.15) is 0 Å². The summed E-state index contributed by atoms with van der Waals surface area (Å²) < 4.78 is 6.13. The molecule has 0 aliphatic heterocycles. The normalized spacial score (nSPS) is 11.6. The summed E-state index contributed by atoms with van der Waals surface area (Å²) in [5.74, 6) is 0.700. The zero-order valence-corrected chi connectivity index (χ0v) is 15.2. The number of nitrogens with one attached hydrogen (secondary N) is 2. The molecule has 6 nitrogen and oxygen atoms in total. The third-order valence-corrected chi connectivity index (χ3v) is 4.95. The molecule has 24 heavy (non-hydrogen) atoms. The number of benzene rings is 1. The summed E-state index contributed by atoms with van der Waals surface area (Å²) in [7, 11) is 0. The highest BCUT2D eigenvalue weighted by molar-refractivity contribution is 8.02. The van der Waals surface area contributed by atoms with Gasteiger partial charge < -0.3 is 15.4 Å². The van der Waals surface area contributed by atoms with E-state index in [-0.39, 0.29) is 11.2 Å². The number of hydrogen-bond acceptors (Lipinski definition) is 7. The van der Waals surface area contributed by atoms with Crippen molar-refractivity contribution in [3.63, 3.8) is 0 Å². The van der Waals surface area contributed by atoms with Crippen LogP contribution in [0.5, 0.6) is 5.75 Å². The predicted octanol–water partition coefficient (Wildman–Crippen LogP) is 3.65. The lowest BCUT2D eigenvalue weighted by Crippen LogP contribution is -2.22. The molecule has 8 heteroatoms. The first-order valence-corrected chi connectivity index (χ1v) is 9.20. The smallest absolute Gasteiger partial charge is 0.237 e. The predicted molar refractivity (Wildman–Crippen MR) is 100 cm³/mol. The molecule has 0 unspecified atom stereocenters. The number of carbonyl (C=O) groups excluding carboxylic acids is 1. The van der Waals surface area contributed by atoms with Gasteiger partial charge in [0, 0.05) is 12.2 Å². The molecule has 2 aromatic rings. The lowest BCUT2D eigenvalue weighted by Gasteiger charge is -2.11. The van der Waals surface area contributed by atoms with E-state index >= 15 is 0 Å². The summed E-state index contributed by atoms with van der Waals surface area (Å²) in [6.07, 6.45) is 1.75. The summed E-state index contributed by atoms with van der Waals surface area (Å²) in [6.45, 7) is 8.66. The summed E-state index contributed by atoms with van der Waals surface area (Å²) in [5.41, 5.74) is 0.738. The topological polar surface area (TPSA) is 76.1 Å². The average Bonchev–Trinajstić information content (AvgIpc) is 3.02. The van der Waals surface area contributed by atoms with E-state index in [2.05, 4.69) is 27.4 Å². The number of aromatic nitrogens is 2. The summed E-state index contributed by atoms with van der Waals surface area (Å²) >= 11 is 2.80. The number of thioether (sulfide) groups is 1. The highest BCUT2D eigenvalue weighted by atomic mass is 32.2. The maximum absolute atomic E-state index is 12.3. The Morgan fingerprint density at radius 1 is 1.42 bits per heavy atom. The molecule has 128 valence electrons. The van der Waals surface area contributed by atoms with Crippen LogP contribution in [0.2, 0.25) is 0 Å². The Morgan fingerprint density at radius 3 is 2.83 bits per heavy atom. The molecule has 0 aliphatic rings. The van der Waals surface area contributed by atoms with Crippen LogP contribution in [0.25, 0.3) is 0 Å². The van der Waals surface area contributed by atoms with E-state index in [1.54, 1.807) is 6.08 Å². The number of carbonyl (C=O) groups is 1. The van der Waals surface area contributed by atoms with Crippen LogP contribution in [0.1, 0.15) is 13.8 Å². The molecule has 1 amide bonds. The molecule has 0 bridgehead atoms. The Bertz CT molecular complexity index is 673. The van der Waals surface area contributed by atoms with Crippen molar-refractivity contribution in [2.24, 2.45) is 0 Å². The molecule has 0 saturated carbocycles. The van der Waals surface area contributed by atoms with E-state index in [9.17, 15) is 4.79 Å². The first-order valence-electron chi connectivity index (χ1n) is 7.51. The summed E-state index contributed by atoms with van der Waals surface area (Å²) in [5, 5.41) is 14.5. The molecular weight excluding hydrogens is 344 g/mol. The Labute approximate surface area is 149 Å². The van der Waals surface area contributed by atoms with Gasteiger partial charge in [-0.15, -0.1) is 16.8 Å². The van der Waals surface area contributed by atoms with Crippen LogP contribution in [0, 0.1) is 0 Å². The van der Waals surface area contributed by atoms with Gasteiger partial charge in [0.2, 0.25) is 11.0 Å². The molecule has 2 rings (SSSR count). The Kier molecular flexibility index (Phi) is 7.07. The van der Waals surface area contributed by atoms with E-state index in [1.807, 2.05) is 38.1 Å². The fourth-order valence-electron chi connectivity index (χ4n) is 1.74. The minimum Gasteiger partial charge on any atom is -0.494 e. The molecule has 0 fully saturated rings. The third-order valence-electron chi connectivity index (χ3n) is 2.88. The van der Waals surface area contributed by atoms with Gasteiger partial charge in [0.25, 0.3) is 0 Å².